The lowest BCUT2D eigenvalue weighted by molar-refractivity contribution is -0.124. The molecule has 0 spiro atoms. The zero-order valence-electron chi connectivity index (χ0n) is 15.5. The highest BCUT2D eigenvalue weighted by Crippen LogP contribution is 2.22. The summed E-state index contributed by atoms with van der Waals surface area (Å²) in [5, 5.41) is 7.09. The number of carbonyl (C=O) groups excluding carboxylic acids is 1. The molecule has 7 nitrogen and oxygen atoms in total. The fourth-order valence-electron chi connectivity index (χ4n) is 3.40. The molecule has 27 heavy (non-hydrogen) atoms. The largest absolute Gasteiger partial charge is 0.354 e. The maximum absolute atomic E-state index is 12.5. The number of rotatable bonds is 8. The highest BCUT2D eigenvalue weighted by atomic mass is 32.2. The second-order valence-corrected chi connectivity index (χ2v) is 8.78. The molecule has 146 valence electrons. The highest BCUT2D eigenvalue weighted by Gasteiger charge is 2.37. The van der Waals surface area contributed by atoms with Crippen LogP contribution in [-0.2, 0) is 21.2 Å². The average Bonchev–Trinajstić information content (AvgIpc) is 3.34. The number of benzene rings is 1. The molecule has 1 fully saturated rings. The van der Waals surface area contributed by atoms with Gasteiger partial charge in [0.25, 0.3) is 0 Å². The summed E-state index contributed by atoms with van der Waals surface area (Å²) in [4.78, 5) is 12.5. The first kappa shape index (κ1) is 19.6. The standard InChI is InChI=1S/C19H26N4O3S/c1-2-15-27(25,26)23-14-3-5-18(23)19(24)20-12-10-16-6-8-17(9-7-16)22-13-4-11-21-22/h4,6-9,11,13,18H,2-3,5,10,12,14-15H2,1H3,(H,20,24). The van der Waals surface area contributed by atoms with Crippen molar-refractivity contribution in [2.24, 2.45) is 0 Å². The quantitative estimate of drug-likeness (QED) is 0.744. The van der Waals surface area contributed by atoms with Crippen molar-refractivity contribution in [3.05, 3.63) is 48.3 Å². The minimum Gasteiger partial charge on any atom is -0.354 e. The maximum Gasteiger partial charge on any atom is 0.238 e. The second-order valence-electron chi connectivity index (χ2n) is 6.74. The number of hydrogen-bond donors (Lipinski definition) is 1. The van der Waals surface area contributed by atoms with E-state index >= 15 is 0 Å². The molecule has 2 heterocycles. The summed E-state index contributed by atoms with van der Waals surface area (Å²) >= 11 is 0. The summed E-state index contributed by atoms with van der Waals surface area (Å²) in [5.74, 6) is -0.0975. The lowest BCUT2D eigenvalue weighted by atomic mass is 10.1. The lowest BCUT2D eigenvalue weighted by Gasteiger charge is -2.23. The van der Waals surface area contributed by atoms with Crippen molar-refractivity contribution in [1.29, 1.82) is 0 Å². The molecule has 0 aliphatic carbocycles. The number of amides is 1. The summed E-state index contributed by atoms with van der Waals surface area (Å²) in [6.07, 6.45) is 6.19. The summed E-state index contributed by atoms with van der Waals surface area (Å²) in [7, 11) is -3.34. The smallest absolute Gasteiger partial charge is 0.238 e. The monoisotopic (exact) mass is 390 g/mol. The Morgan fingerprint density at radius 2 is 2.07 bits per heavy atom. The molecule has 1 atom stereocenters. The predicted molar refractivity (Wildman–Crippen MR) is 104 cm³/mol. The van der Waals surface area contributed by atoms with Crippen LogP contribution in [0.3, 0.4) is 0 Å². The van der Waals surface area contributed by atoms with Crippen molar-refractivity contribution >= 4 is 15.9 Å². The Morgan fingerprint density at radius 1 is 1.30 bits per heavy atom. The Labute approximate surface area is 160 Å². The molecule has 1 N–H and O–H groups in total. The van der Waals surface area contributed by atoms with Gasteiger partial charge in [-0.15, -0.1) is 0 Å². The minimum atomic E-state index is -3.34. The molecule has 1 amide bonds. The summed E-state index contributed by atoms with van der Waals surface area (Å²) in [5.41, 5.74) is 2.09. The fourth-order valence-corrected chi connectivity index (χ4v) is 5.14. The van der Waals surface area contributed by atoms with Crippen molar-refractivity contribution in [3.63, 3.8) is 0 Å². The molecular formula is C19H26N4O3S. The molecule has 8 heteroatoms. The third-order valence-electron chi connectivity index (χ3n) is 4.74. The van der Waals surface area contributed by atoms with Crippen LogP contribution in [-0.4, -0.2) is 53.3 Å². The molecule has 1 aromatic heterocycles. The molecule has 1 aliphatic heterocycles. The molecule has 0 bridgehead atoms. The van der Waals surface area contributed by atoms with Crippen LogP contribution in [0.1, 0.15) is 31.7 Å². The molecule has 1 saturated heterocycles. The predicted octanol–water partition coefficient (Wildman–Crippen LogP) is 1.74. The van der Waals surface area contributed by atoms with Gasteiger partial charge in [0, 0.05) is 25.5 Å². The normalized spacial score (nSPS) is 17.9. The van der Waals surface area contributed by atoms with Crippen LogP contribution in [0.25, 0.3) is 5.69 Å². The first-order valence-corrected chi connectivity index (χ1v) is 11.0. The second kappa shape index (κ2) is 8.67. The molecule has 2 aromatic rings. The van der Waals surface area contributed by atoms with Crippen LogP contribution in [0.4, 0.5) is 0 Å². The first-order chi connectivity index (χ1) is 13.0. The van der Waals surface area contributed by atoms with E-state index in [1.54, 1.807) is 10.9 Å². The summed E-state index contributed by atoms with van der Waals surface area (Å²) < 4.78 is 27.8. The van der Waals surface area contributed by atoms with Gasteiger partial charge in [0.1, 0.15) is 6.04 Å². The SMILES string of the molecule is CCCS(=O)(=O)N1CCCC1C(=O)NCCc1ccc(-n2cccn2)cc1. The van der Waals surface area contributed by atoms with Gasteiger partial charge in [-0.1, -0.05) is 19.1 Å². The zero-order valence-corrected chi connectivity index (χ0v) is 16.4. The van der Waals surface area contributed by atoms with Crippen molar-refractivity contribution in [2.45, 2.75) is 38.6 Å². The summed E-state index contributed by atoms with van der Waals surface area (Å²) in [6.45, 7) is 2.76. The van der Waals surface area contributed by atoms with E-state index in [0.29, 0.717) is 32.4 Å². The van der Waals surface area contributed by atoms with E-state index in [4.69, 9.17) is 0 Å². The van der Waals surface area contributed by atoms with Crippen molar-refractivity contribution in [3.8, 4) is 5.69 Å². The topological polar surface area (TPSA) is 84.3 Å². The number of nitrogens with zero attached hydrogens (tertiary/aromatic N) is 3. The lowest BCUT2D eigenvalue weighted by Crippen LogP contribution is -2.46. The number of carbonyl (C=O) groups is 1. The summed E-state index contributed by atoms with van der Waals surface area (Å²) in [6, 6.07) is 9.30. The van der Waals surface area contributed by atoms with Gasteiger partial charge in [0.05, 0.1) is 11.4 Å². The number of sulfonamides is 1. The van der Waals surface area contributed by atoms with Gasteiger partial charge in [-0.3, -0.25) is 4.79 Å². The van der Waals surface area contributed by atoms with Crippen molar-refractivity contribution < 1.29 is 13.2 Å². The molecule has 1 aromatic carbocycles. The van der Waals surface area contributed by atoms with Crippen LogP contribution in [0, 0.1) is 0 Å². The minimum absolute atomic E-state index is 0.0966. The Bertz CT molecular complexity index is 848. The number of hydrogen-bond acceptors (Lipinski definition) is 4. The van der Waals surface area contributed by atoms with Gasteiger partial charge in [-0.2, -0.15) is 9.40 Å². The van der Waals surface area contributed by atoms with Gasteiger partial charge < -0.3 is 5.32 Å². The van der Waals surface area contributed by atoms with E-state index in [1.165, 1.54) is 4.31 Å². The van der Waals surface area contributed by atoms with Gasteiger partial charge in [0.15, 0.2) is 0 Å². The zero-order chi connectivity index (χ0) is 19.3. The van der Waals surface area contributed by atoms with Crippen molar-refractivity contribution in [1.82, 2.24) is 19.4 Å². The number of nitrogens with one attached hydrogen (secondary N) is 1. The third kappa shape index (κ3) is 4.75. The van der Waals surface area contributed by atoms with E-state index < -0.39 is 16.1 Å². The van der Waals surface area contributed by atoms with E-state index in [2.05, 4.69) is 10.4 Å². The Morgan fingerprint density at radius 3 is 2.74 bits per heavy atom. The Balaban J connectivity index is 1.52. The highest BCUT2D eigenvalue weighted by molar-refractivity contribution is 7.89. The first-order valence-electron chi connectivity index (χ1n) is 9.37. The van der Waals surface area contributed by atoms with Crippen LogP contribution >= 0.6 is 0 Å². The maximum atomic E-state index is 12.5. The number of aromatic nitrogens is 2. The molecule has 0 saturated carbocycles. The fraction of sp³-hybridized carbons (Fsp3) is 0.474. The van der Waals surface area contributed by atoms with Crippen LogP contribution in [0.15, 0.2) is 42.7 Å². The molecular weight excluding hydrogens is 364 g/mol. The van der Waals surface area contributed by atoms with E-state index in [9.17, 15) is 13.2 Å². The van der Waals surface area contributed by atoms with Crippen LogP contribution in [0.2, 0.25) is 0 Å². The molecule has 0 radical (unpaired) electrons. The molecule has 3 rings (SSSR count). The average molecular weight is 391 g/mol. The Hall–Kier alpha value is -2.19. The Kier molecular flexibility index (Phi) is 6.28. The van der Waals surface area contributed by atoms with E-state index in [1.807, 2.05) is 43.5 Å². The van der Waals surface area contributed by atoms with Gasteiger partial charge in [-0.25, -0.2) is 13.1 Å². The van der Waals surface area contributed by atoms with E-state index in [-0.39, 0.29) is 11.7 Å². The molecule has 1 aliphatic rings. The third-order valence-corrected chi connectivity index (χ3v) is 6.82. The van der Waals surface area contributed by atoms with Gasteiger partial charge >= 0.3 is 0 Å². The van der Waals surface area contributed by atoms with E-state index in [0.717, 1.165) is 17.7 Å². The van der Waals surface area contributed by atoms with Crippen LogP contribution < -0.4 is 5.32 Å². The van der Waals surface area contributed by atoms with Crippen LogP contribution in [0.5, 0.6) is 0 Å². The molecule has 1 unspecified atom stereocenters. The van der Waals surface area contributed by atoms with Crippen molar-refractivity contribution in [2.75, 3.05) is 18.8 Å². The van der Waals surface area contributed by atoms with Gasteiger partial charge in [-0.05, 0) is 49.4 Å². The van der Waals surface area contributed by atoms with Gasteiger partial charge in [0.2, 0.25) is 15.9 Å².